The number of benzene rings is 1. The van der Waals surface area contributed by atoms with Gasteiger partial charge < -0.3 is 15.0 Å². The molecule has 0 radical (unpaired) electrons. The van der Waals surface area contributed by atoms with E-state index in [2.05, 4.69) is 20.8 Å². The van der Waals surface area contributed by atoms with E-state index < -0.39 is 11.8 Å². The van der Waals surface area contributed by atoms with Gasteiger partial charge in [-0.15, -0.1) is 10.2 Å². The van der Waals surface area contributed by atoms with E-state index in [9.17, 15) is 14.4 Å². The molecule has 4 rings (SSSR count). The van der Waals surface area contributed by atoms with Gasteiger partial charge in [0.1, 0.15) is 16.8 Å². The number of nitrogens with one attached hydrogen (secondary N) is 2. The zero-order valence-corrected chi connectivity index (χ0v) is 16.9. The van der Waals surface area contributed by atoms with Crippen molar-refractivity contribution in [3.05, 3.63) is 34.8 Å². The molecule has 2 unspecified atom stereocenters. The van der Waals surface area contributed by atoms with Crippen LogP contribution in [0.15, 0.2) is 24.3 Å². The maximum Gasteiger partial charge on any atom is 0.258 e. The second kappa shape index (κ2) is 7.43. The summed E-state index contributed by atoms with van der Waals surface area (Å²) in [5.41, 5.74) is -0.479. The molecule has 3 heterocycles. The minimum absolute atomic E-state index is 0.158. The highest BCUT2D eigenvalue weighted by molar-refractivity contribution is 7.15. The Hall–Kier alpha value is -3.01. The third-order valence-corrected chi connectivity index (χ3v) is 5.96. The van der Waals surface area contributed by atoms with Gasteiger partial charge in [-0.25, -0.2) is 0 Å². The molecule has 2 atom stereocenters. The van der Waals surface area contributed by atoms with E-state index in [4.69, 9.17) is 4.74 Å². The van der Waals surface area contributed by atoms with Gasteiger partial charge in [-0.1, -0.05) is 23.5 Å². The summed E-state index contributed by atoms with van der Waals surface area (Å²) < 4.78 is 6.12. The summed E-state index contributed by atoms with van der Waals surface area (Å²) in [6.07, 6.45) is 0.888. The minimum atomic E-state index is -0.956. The number of hydrogen-bond acceptors (Lipinski definition) is 7. The molecule has 0 saturated carbocycles. The van der Waals surface area contributed by atoms with Crippen LogP contribution in [0.3, 0.4) is 0 Å². The topological polar surface area (TPSA) is 114 Å². The average molecular weight is 415 g/mol. The Morgan fingerprint density at radius 2 is 2.10 bits per heavy atom. The van der Waals surface area contributed by atoms with Crippen LogP contribution in [0.5, 0.6) is 5.75 Å². The lowest BCUT2D eigenvalue weighted by molar-refractivity contribution is -0.137. The first-order chi connectivity index (χ1) is 13.9. The van der Waals surface area contributed by atoms with E-state index in [0.717, 1.165) is 5.01 Å². The van der Waals surface area contributed by atoms with Gasteiger partial charge in [-0.05, 0) is 26.0 Å². The Balaban J connectivity index is 1.48. The van der Waals surface area contributed by atoms with Crippen LogP contribution in [0.25, 0.3) is 0 Å². The first kappa shape index (κ1) is 19.3. The number of rotatable bonds is 3. The summed E-state index contributed by atoms with van der Waals surface area (Å²) in [4.78, 5) is 39.4. The SMILES string of the molecule is Cc1nnc(NC(=O)C(C)N2CCC3(CCC2=O)NC(=O)c2ccccc2O3)s1. The van der Waals surface area contributed by atoms with Gasteiger partial charge in [-0.3, -0.25) is 19.7 Å². The molecule has 2 aromatic rings. The molecule has 2 aliphatic rings. The number of fused-ring (bicyclic) bond motifs is 1. The van der Waals surface area contributed by atoms with Crippen molar-refractivity contribution in [1.29, 1.82) is 0 Å². The maximum atomic E-state index is 12.7. The molecule has 2 N–H and O–H groups in total. The molecule has 1 aromatic heterocycles. The van der Waals surface area contributed by atoms with Crippen molar-refractivity contribution in [3.63, 3.8) is 0 Å². The zero-order valence-electron chi connectivity index (χ0n) is 16.1. The second-order valence-corrected chi connectivity index (χ2v) is 8.36. The summed E-state index contributed by atoms with van der Waals surface area (Å²) in [6.45, 7) is 3.75. The lowest BCUT2D eigenvalue weighted by atomic mass is 10.0. The molecule has 29 heavy (non-hydrogen) atoms. The average Bonchev–Trinajstić information content (AvgIpc) is 3.04. The highest BCUT2D eigenvalue weighted by Crippen LogP contribution is 2.34. The molecule has 3 amide bonds. The number of ether oxygens (including phenoxy) is 1. The summed E-state index contributed by atoms with van der Waals surface area (Å²) in [6, 6.07) is 6.35. The number of aryl methyl sites for hydroxylation is 1. The Morgan fingerprint density at radius 3 is 2.86 bits per heavy atom. The number of aromatic nitrogens is 2. The highest BCUT2D eigenvalue weighted by atomic mass is 32.1. The van der Waals surface area contributed by atoms with Gasteiger partial charge in [0.05, 0.1) is 5.56 Å². The van der Waals surface area contributed by atoms with Gasteiger partial charge in [0.2, 0.25) is 16.9 Å². The molecule has 2 aliphatic heterocycles. The fourth-order valence-corrected chi connectivity index (χ4v) is 4.19. The van der Waals surface area contributed by atoms with Crippen molar-refractivity contribution in [3.8, 4) is 5.75 Å². The predicted octanol–water partition coefficient (Wildman–Crippen LogP) is 1.70. The monoisotopic (exact) mass is 415 g/mol. The van der Waals surface area contributed by atoms with Gasteiger partial charge in [0.15, 0.2) is 5.72 Å². The third kappa shape index (κ3) is 3.80. The van der Waals surface area contributed by atoms with E-state index >= 15 is 0 Å². The van der Waals surface area contributed by atoms with Crippen molar-refractivity contribution in [2.75, 3.05) is 11.9 Å². The number of para-hydroxylation sites is 1. The third-order valence-electron chi connectivity index (χ3n) is 5.20. The van der Waals surface area contributed by atoms with Gasteiger partial charge in [0.25, 0.3) is 5.91 Å². The van der Waals surface area contributed by atoms with Crippen LogP contribution in [-0.2, 0) is 9.59 Å². The molecule has 0 bridgehead atoms. The van der Waals surface area contributed by atoms with Crippen molar-refractivity contribution in [1.82, 2.24) is 20.4 Å². The largest absolute Gasteiger partial charge is 0.467 e. The smallest absolute Gasteiger partial charge is 0.258 e. The number of carbonyl (C=O) groups excluding carboxylic acids is 3. The predicted molar refractivity (Wildman–Crippen MR) is 106 cm³/mol. The Morgan fingerprint density at radius 1 is 1.31 bits per heavy atom. The first-order valence-corrected chi connectivity index (χ1v) is 10.2. The fraction of sp³-hybridized carbons (Fsp3) is 0.421. The summed E-state index contributed by atoms with van der Waals surface area (Å²) in [5.74, 6) is -0.196. The molecule has 1 aromatic carbocycles. The highest BCUT2D eigenvalue weighted by Gasteiger charge is 2.43. The zero-order chi connectivity index (χ0) is 20.6. The molecule has 9 nitrogen and oxygen atoms in total. The quantitative estimate of drug-likeness (QED) is 0.789. The minimum Gasteiger partial charge on any atom is -0.467 e. The summed E-state index contributed by atoms with van der Waals surface area (Å²) >= 11 is 1.27. The lowest BCUT2D eigenvalue weighted by Crippen LogP contribution is -2.56. The van der Waals surface area contributed by atoms with Gasteiger partial charge in [-0.2, -0.15) is 0 Å². The van der Waals surface area contributed by atoms with E-state index in [0.29, 0.717) is 29.3 Å². The number of amides is 3. The van der Waals surface area contributed by atoms with Crippen LogP contribution in [0.2, 0.25) is 0 Å². The summed E-state index contributed by atoms with van der Waals surface area (Å²) in [5, 5.41) is 14.5. The van der Waals surface area contributed by atoms with Crippen molar-refractivity contribution >= 4 is 34.2 Å². The normalized spacial score (nSPS) is 22.3. The fourth-order valence-electron chi connectivity index (χ4n) is 3.59. The second-order valence-electron chi connectivity index (χ2n) is 7.18. The Labute approximate surface area is 171 Å². The van der Waals surface area contributed by atoms with Crippen LogP contribution in [-0.4, -0.2) is 51.1 Å². The lowest BCUT2D eigenvalue weighted by Gasteiger charge is -2.38. The van der Waals surface area contributed by atoms with Crippen LogP contribution >= 0.6 is 11.3 Å². The number of anilines is 1. The van der Waals surface area contributed by atoms with Gasteiger partial charge in [0, 0.05) is 25.8 Å². The maximum absolute atomic E-state index is 12.7. The molecule has 0 aliphatic carbocycles. The number of carbonyl (C=O) groups is 3. The van der Waals surface area contributed by atoms with E-state index in [1.165, 1.54) is 16.2 Å². The molecule has 152 valence electrons. The summed E-state index contributed by atoms with van der Waals surface area (Å²) in [7, 11) is 0. The molecule has 1 fully saturated rings. The first-order valence-electron chi connectivity index (χ1n) is 9.38. The molecule has 10 heteroatoms. The Bertz CT molecular complexity index is 977. The van der Waals surface area contributed by atoms with E-state index in [-0.39, 0.29) is 30.7 Å². The number of likely N-dealkylation sites (tertiary alicyclic amines) is 1. The van der Waals surface area contributed by atoms with Crippen molar-refractivity contribution in [2.45, 2.75) is 44.9 Å². The van der Waals surface area contributed by atoms with Crippen molar-refractivity contribution in [2.24, 2.45) is 0 Å². The molecular formula is C19H21N5O4S. The van der Waals surface area contributed by atoms with Crippen molar-refractivity contribution < 1.29 is 19.1 Å². The molecule has 1 spiro atoms. The van der Waals surface area contributed by atoms with E-state index in [1.54, 1.807) is 38.1 Å². The molecule has 1 saturated heterocycles. The van der Waals surface area contributed by atoms with E-state index in [1.807, 2.05) is 0 Å². The van der Waals surface area contributed by atoms with Crippen LogP contribution in [0, 0.1) is 6.92 Å². The number of nitrogens with zero attached hydrogens (tertiary/aromatic N) is 3. The Kier molecular flexibility index (Phi) is 4.95. The van der Waals surface area contributed by atoms with Crippen LogP contribution < -0.4 is 15.4 Å². The molecular weight excluding hydrogens is 394 g/mol. The standard InChI is InChI=1S/C19H21N5O4S/c1-11(16(26)20-18-23-22-12(2)29-18)24-10-9-19(8-7-15(24)25)21-17(27)13-5-3-4-6-14(13)28-19/h3-6,11H,7-10H2,1-2H3,(H,21,27)(H,20,23,26). The number of hydrogen-bond donors (Lipinski definition) is 2. The van der Waals surface area contributed by atoms with Crippen LogP contribution in [0.1, 0.15) is 41.6 Å². The van der Waals surface area contributed by atoms with Gasteiger partial charge >= 0.3 is 0 Å². The van der Waals surface area contributed by atoms with Crippen LogP contribution in [0.4, 0.5) is 5.13 Å².